The summed E-state index contributed by atoms with van der Waals surface area (Å²) in [5, 5.41) is 0.430. The second-order valence-electron chi connectivity index (χ2n) is 3.21. The quantitative estimate of drug-likeness (QED) is 0.743. The topological polar surface area (TPSA) is 35.5 Å². The van der Waals surface area contributed by atoms with Crippen molar-refractivity contribution in [3.8, 4) is 5.75 Å². The third kappa shape index (κ3) is 3.42. The van der Waals surface area contributed by atoms with Gasteiger partial charge in [-0.15, -0.1) is 0 Å². The highest BCUT2D eigenvalue weighted by Gasteiger charge is 2.09. The van der Waals surface area contributed by atoms with E-state index in [9.17, 15) is 4.79 Å². The Bertz CT molecular complexity index is 363. The lowest BCUT2D eigenvalue weighted by Crippen LogP contribution is -2.05. The van der Waals surface area contributed by atoms with Crippen molar-refractivity contribution in [3.05, 3.63) is 28.8 Å². The first-order valence-electron chi connectivity index (χ1n) is 5.28. The van der Waals surface area contributed by atoms with Crippen LogP contribution in [0, 0.1) is 0 Å². The second-order valence-corrected chi connectivity index (χ2v) is 3.62. The maximum absolute atomic E-state index is 11.4. The highest BCUT2D eigenvalue weighted by molar-refractivity contribution is 6.32. The minimum absolute atomic E-state index is 0.352. The van der Waals surface area contributed by atoms with Crippen LogP contribution in [0.15, 0.2) is 18.2 Å². The van der Waals surface area contributed by atoms with E-state index in [0.29, 0.717) is 29.5 Å². The summed E-state index contributed by atoms with van der Waals surface area (Å²) < 4.78 is 10.3. The summed E-state index contributed by atoms with van der Waals surface area (Å²) in [6, 6.07) is 4.89. The molecule has 0 saturated carbocycles. The molecule has 0 radical (unpaired) electrons. The van der Waals surface area contributed by atoms with Gasteiger partial charge in [0.2, 0.25) is 0 Å². The number of halogens is 1. The standard InChI is InChI=1S/C12H15ClO3/c1-3-7-16-11-6-5-9(8-10(11)13)12(14)15-4-2/h5-6,8H,3-4,7H2,1-2H3. The van der Waals surface area contributed by atoms with Gasteiger partial charge in [0.05, 0.1) is 23.8 Å². The molecule has 1 aromatic carbocycles. The summed E-state index contributed by atoms with van der Waals surface area (Å²) in [6.07, 6.45) is 0.913. The number of esters is 1. The van der Waals surface area contributed by atoms with Crippen molar-refractivity contribution in [2.45, 2.75) is 20.3 Å². The van der Waals surface area contributed by atoms with Gasteiger partial charge in [0.25, 0.3) is 0 Å². The molecule has 0 spiro atoms. The number of ether oxygens (including phenoxy) is 2. The van der Waals surface area contributed by atoms with E-state index in [0.717, 1.165) is 6.42 Å². The van der Waals surface area contributed by atoms with Crippen LogP contribution in [0.4, 0.5) is 0 Å². The number of hydrogen-bond acceptors (Lipinski definition) is 3. The highest BCUT2D eigenvalue weighted by Crippen LogP contribution is 2.25. The van der Waals surface area contributed by atoms with Crippen LogP contribution < -0.4 is 4.74 Å². The minimum atomic E-state index is -0.369. The van der Waals surface area contributed by atoms with Gasteiger partial charge in [0, 0.05) is 0 Å². The Hall–Kier alpha value is -1.22. The molecule has 0 N–H and O–H groups in total. The molecule has 16 heavy (non-hydrogen) atoms. The molecule has 0 bridgehead atoms. The third-order valence-corrected chi connectivity index (χ3v) is 2.20. The first-order chi connectivity index (χ1) is 7.69. The molecule has 1 rings (SSSR count). The number of rotatable bonds is 5. The molecule has 0 atom stereocenters. The van der Waals surface area contributed by atoms with Crippen LogP contribution in [0.2, 0.25) is 5.02 Å². The van der Waals surface area contributed by atoms with E-state index in [-0.39, 0.29) is 5.97 Å². The van der Waals surface area contributed by atoms with Crippen molar-refractivity contribution in [2.24, 2.45) is 0 Å². The summed E-state index contributed by atoms with van der Waals surface area (Å²) in [5.41, 5.74) is 0.440. The molecule has 88 valence electrons. The van der Waals surface area contributed by atoms with Gasteiger partial charge in [0.1, 0.15) is 5.75 Å². The van der Waals surface area contributed by atoms with Crippen molar-refractivity contribution in [1.82, 2.24) is 0 Å². The molecular formula is C12H15ClO3. The fourth-order valence-electron chi connectivity index (χ4n) is 1.17. The van der Waals surface area contributed by atoms with Gasteiger partial charge in [-0.25, -0.2) is 4.79 Å². The summed E-state index contributed by atoms with van der Waals surface area (Å²) >= 11 is 5.98. The maximum Gasteiger partial charge on any atom is 0.338 e. The van der Waals surface area contributed by atoms with Gasteiger partial charge in [-0.3, -0.25) is 0 Å². The second kappa shape index (κ2) is 6.38. The predicted octanol–water partition coefficient (Wildman–Crippen LogP) is 3.31. The highest BCUT2D eigenvalue weighted by atomic mass is 35.5. The largest absolute Gasteiger partial charge is 0.492 e. The fraction of sp³-hybridized carbons (Fsp3) is 0.417. The van der Waals surface area contributed by atoms with Gasteiger partial charge >= 0.3 is 5.97 Å². The molecule has 0 unspecified atom stereocenters. The van der Waals surface area contributed by atoms with E-state index in [1.807, 2.05) is 6.92 Å². The van der Waals surface area contributed by atoms with E-state index >= 15 is 0 Å². The van der Waals surface area contributed by atoms with E-state index < -0.39 is 0 Å². The molecule has 0 heterocycles. The Morgan fingerprint density at radius 1 is 1.38 bits per heavy atom. The normalized spacial score (nSPS) is 9.94. The van der Waals surface area contributed by atoms with Crippen molar-refractivity contribution in [3.63, 3.8) is 0 Å². The van der Waals surface area contributed by atoms with Gasteiger partial charge in [0.15, 0.2) is 0 Å². The summed E-state index contributed by atoms with van der Waals surface area (Å²) in [4.78, 5) is 11.4. The lowest BCUT2D eigenvalue weighted by atomic mass is 10.2. The van der Waals surface area contributed by atoms with Gasteiger partial charge in [-0.05, 0) is 31.5 Å². The van der Waals surface area contributed by atoms with Crippen molar-refractivity contribution >= 4 is 17.6 Å². The first-order valence-corrected chi connectivity index (χ1v) is 5.66. The Kier molecular flexibility index (Phi) is 5.12. The van der Waals surface area contributed by atoms with Gasteiger partial charge < -0.3 is 9.47 Å². The van der Waals surface area contributed by atoms with Gasteiger partial charge in [-0.2, -0.15) is 0 Å². The van der Waals surface area contributed by atoms with Crippen LogP contribution in [0.5, 0.6) is 5.75 Å². The van der Waals surface area contributed by atoms with Crippen LogP contribution in [-0.4, -0.2) is 19.2 Å². The zero-order valence-corrected chi connectivity index (χ0v) is 10.2. The summed E-state index contributed by atoms with van der Waals surface area (Å²) in [6.45, 7) is 4.74. The molecule has 1 aromatic rings. The van der Waals surface area contributed by atoms with Crippen LogP contribution in [0.25, 0.3) is 0 Å². The van der Waals surface area contributed by atoms with Crippen molar-refractivity contribution in [2.75, 3.05) is 13.2 Å². The van der Waals surface area contributed by atoms with Crippen LogP contribution in [-0.2, 0) is 4.74 Å². The molecule has 0 amide bonds. The van der Waals surface area contributed by atoms with Crippen molar-refractivity contribution in [1.29, 1.82) is 0 Å². The Morgan fingerprint density at radius 3 is 2.69 bits per heavy atom. The third-order valence-electron chi connectivity index (χ3n) is 1.90. The molecule has 0 aromatic heterocycles. The van der Waals surface area contributed by atoms with E-state index in [2.05, 4.69) is 0 Å². The van der Waals surface area contributed by atoms with Gasteiger partial charge in [-0.1, -0.05) is 18.5 Å². The van der Waals surface area contributed by atoms with E-state index in [1.165, 1.54) is 0 Å². The molecule has 0 saturated heterocycles. The average Bonchev–Trinajstić information content (AvgIpc) is 2.27. The zero-order chi connectivity index (χ0) is 12.0. The lowest BCUT2D eigenvalue weighted by molar-refractivity contribution is 0.0526. The lowest BCUT2D eigenvalue weighted by Gasteiger charge is -2.08. The molecule has 3 nitrogen and oxygen atoms in total. The Labute approximate surface area is 100 Å². The number of benzene rings is 1. The van der Waals surface area contributed by atoms with Crippen molar-refractivity contribution < 1.29 is 14.3 Å². The predicted molar refractivity (Wildman–Crippen MR) is 63.2 cm³/mol. The van der Waals surface area contributed by atoms with E-state index in [1.54, 1.807) is 25.1 Å². The summed E-state index contributed by atoms with van der Waals surface area (Å²) in [7, 11) is 0. The van der Waals surface area contributed by atoms with Crippen LogP contribution in [0.1, 0.15) is 30.6 Å². The number of carbonyl (C=O) groups is 1. The fourth-order valence-corrected chi connectivity index (χ4v) is 1.41. The maximum atomic E-state index is 11.4. The number of hydrogen-bond donors (Lipinski definition) is 0. The monoisotopic (exact) mass is 242 g/mol. The van der Waals surface area contributed by atoms with Crippen LogP contribution >= 0.6 is 11.6 Å². The SMILES string of the molecule is CCCOc1ccc(C(=O)OCC)cc1Cl. The molecule has 0 aliphatic rings. The zero-order valence-electron chi connectivity index (χ0n) is 9.46. The molecule has 0 aliphatic carbocycles. The molecule has 4 heteroatoms. The minimum Gasteiger partial charge on any atom is -0.492 e. The molecule has 0 fully saturated rings. The smallest absolute Gasteiger partial charge is 0.338 e. The Balaban J connectivity index is 2.78. The number of carbonyl (C=O) groups excluding carboxylic acids is 1. The van der Waals surface area contributed by atoms with Crippen LogP contribution in [0.3, 0.4) is 0 Å². The Morgan fingerprint density at radius 2 is 2.12 bits per heavy atom. The molecular weight excluding hydrogens is 228 g/mol. The summed E-state index contributed by atoms with van der Waals surface area (Å²) in [5.74, 6) is 0.225. The first kappa shape index (κ1) is 12.8. The van der Waals surface area contributed by atoms with E-state index in [4.69, 9.17) is 21.1 Å². The average molecular weight is 243 g/mol. The molecule has 0 aliphatic heterocycles.